The molecule has 7 nitrogen and oxygen atoms in total. The molecule has 0 aliphatic carbocycles. The first-order valence-electron chi connectivity index (χ1n) is 10.9. The molecule has 0 aromatic heterocycles. The van der Waals surface area contributed by atoms with Gasteiger partial charge in [-0.3, -0.25) is 13.9 Å². The second-order valence-corrected chi connectivity index (χ2v) is 12.8. The fourth-order valence-electron chi connectivity index (χ4n) is 3.45. The summed E-state index contributed by atoms with van der Waals surface area (Å²) in [5.74, 6) is -0.920. The van der Waals surface area contributed by atoms with Crippen LogP contribution in [0.3, 0.4) is 0 Å². The average Bonchev–Trinajstić information content (AvgIpc) is 2.72. The van der Waals surface area contributed by atoms with E-state index in [0.29, 0.717) is 27.7 Å². The fraction of sp³-hybridized carbons (Fsp3) is 0.417. The van der Waals surface area contributed by atoms with Gasteiger partial charge in [0.15, 0.2) is 0 Å². The molecule has 2 aromatic rings. The molecule has 11 heteroatoms. The number of sulfonamides is 1. The second kappa shape index (κ2) is 12.0. The Kier molecular flexibility index (Phi) is 10.0. The van der Waals surface area contributed by atoms with Gasteiger partial charge in [-0.05, 0) is 63.6 Å². The highest BCUT2D eigenvalue weighted by molar-refractivity contribution is 9.10. The zero-order valence-electron chi connectivity index (χ0n) is 20.3. The molecule has 0 radical (unpaired) electrons. The van der Waals surface area contributed by atoms with Crippen LogP contribution in [0.15, 0.2) is 46.9 Å². The van der Waals surface area contributed by atoms with E-state index in [4.69, 9.17) is 23.2 Å². The summed E-state index contributed by atoms with van der Waals surface area (Å²) in [7, 11) is -3.81. The van der Waals surface area contributed by atoms with Gasteiger partial charge in [0.25, 0.3) is 0 Å². The van der Waals surface area contributed by atoms with Crippen molar-refractivity contribution in [1.29, 1.82) is 0 Å². The predicted octanol–water partition coefficient (Wildman–Crippen LogP) is 5.24. The van der Waals surface area contributed by atoms with Crippen LogP contribution in [0.1, 0.15) is 39.7 Å². The van der Waals surface area contributed by atoms with Gasteiger partial charge in [-0.1, -0.05) is 52.1 Å². The number of carbonyl (C=O) groups excluding carboxylic acids is 2. The normalized spacial score (nSPS) is 12.7. The van der Waals surface area contributed by atoms with Crippen LogP contribution in [-0.4, -0.2) is 49.5 Å². The van der Waals surface area contributed by atoms with Crippen molar-refractivity contribution in [1.82, 2.24) is 10.2 Å². The first kappa shape index (κ1) is 29.4. The first-order chi connectivity index (χ1) is 16.1. The highest BCUT2D eigenvalue weighted by atomic mass is 79.9. The van der Waals surface area contributed by atoms with Crippen LogP contribution in [0.5, 0.6) is 0 Å². The summed E-state index contributed by atoms with van der Waals surface area (Å²) in [6.45, 7) is 6.74. The second-order valence-electron chi connectivity index (χ2n) is 9.13. The predicted molar refractivity (Wildman–Crippen MR) is 145 cm³/mol. The van der Waals surface area contributed by atoms with Gasteiger partial charge in [0.05, 0.1) is 11.9 Å². The largest absolute Gasteiger partial charge is 0.350 e. The molecule has 35 heavy (non-hydrogen) atoms. The van der Waals surface area contributed by atoms with Crippen LogP contribution in [-0.2, 0) is 26.2 Å². The van der Waals surface area contributed by atoms with Crippen LogP contribution in [0.2, 0.25) is 10.0 Å². The molecule has 0 saturated heterocycles. The van der Waals surface area contributed by atoms with E-state index >= 15 is 0 Å². The lowest BCUT2D eigenvalue weighted by Crippen LogP contribution is -2.55. The zero-order valence-corrected chi connectivity index (χ0v) is 24.2. The quantitative estimate of drug-likeness (QED) is 0.423. The monoisotopic (exact) mass is 605 g/mol. The molecule has 0 aliphatic heterocycles. The summed E-state index contributed by atoms with van der Waals surface area (Å²) in [5.41, 5.74) is 0.269. The van der Waals surface area contributed by atoms with Crippen LogP contribution in [0.25, 0.3) is 0 Å². The summed E-state index contributed by atoms with van der Waals surface area (Å²) < 4.78 is 27.0. The Labute approximate surface area is 225 Å². The number of hydrogen-bond donors (Lipinski definition) is 1. The summed E-state index contributed by atoms with van der Waals surface area (Å²) in [5, 5.41) is 3.59. The van der Waals surface area contributed by atoms with Gasteiger partial charge in [-0.25, -0.2) is 8.42 Å². The maximum atomic E-state index is 13.7. The van der Waals surface area contributed by atoms with E-state index in [1.165, 1.54) is 4.90 Å². The standard InChI is InChI=1S/C24H30BrCl2N3O4S/c1-6-21(23(32)28-24(2,3)4)29(14-18-19(26)8-7-9-20(18)27)22(31)15-30(35(5,33)34)17-12-10-16(25)11-13-17/h7-13,21H,6,14-15H2,1-5H3,(H,28,32)/t21-/m1/s1. The molecule has 192 valence electrons. The molecule has 0 aliphatic rings. The molecule has 1 N–H and O–H groups in total. The van der Waals surface area contributed by atoms with E-state index in [9.17, 15) is 18.0 Å². The molecule has 0 saturated carbocycles. The number of hydrogen-bond acceptors (Lipinski definition) is 4. The fourth-order valence-corrected chi connectivity index (χ4v) is 5.08. The van der Waals surface area contributed by atoms with E-state index in [1.54, 1.807) is 49.4 Å². The number of carbonyl (C=O) groups is 2. The number of amides is 2. The maximum absolute atomic E-state index is 13.7. The van der Waals surface area contributed by atoms with Crippen molar-refractivity contribution in [2.45, 2.75) is 52.2 Å². The van der Waals surface area contributed by atoms with E-state index in [0.717, 1.165) is 15.0 Å². The van der Waals surface area contributed by atoms with Crippen LogP contribution in [0, 0.1) is 0 Å². The summed E-state index contributed by atoms with van der Waals surface area (Å²) in [6, 6.07) is 10.7. The van der Waals surface area contributed by atoms with E-state index in [2.05, 4.69) is 21.2 Å². The molecule has 0 spiro atoms. The molecule has 0 bridgehead atoms. The number of benzene rings is 2. The van der Waals surface area contributed by atoms with E-state index in [-0.39, 0.29) is 12.5 Å². The van der Waals surface area contributed by atoms with Gasteiger partial charge < -0.3 is 10.2 Å². The van der Waals surface area contributed by atoms with E-state index in [1.807, 2.05) is 20.8 Å². The Hall–Kier alpha value is -1.81. The van der Waals surface area contributed by atoms with Crippen LogP contribution in [0.4, 0.5) is 5.69 Å². The number of nitrogens with zero attached hydrogens (tertiary/aromatic N) is 2. The summed E-state index contributed by atoms with van der Waals surface area (Å²) >= 11 is 16.1. The first-order valence-corrected chi connectivity index (χ1v) is 14.3. The summed E-state index contributed by atoms with van der Waals surface area (Å²) in [4.78, 5) is 28.2. The smallest absolute Gasteiger partial charge is 0.244 e. The number of halogens is 3. The minimum Gasteiger partial charge on any atom is -0.350 e. The third kappa shape index (κ3) is 8.37. The SMILES string of the molecule is CC[C@H](C(=O)NC(C)(C)C)N(Cc1c(Cl)cccc1Cl)C(=O)CN(c1ccc(Br)cc1)S(C)(=O)=O. The van der Waals surface area contributed by atoms with Gasteiger partial charge in [0.1, 0.15) is 12.6 Å². The lowest BCUT2D eigenvalue weighted by molar-refractivity contribution is -0.141. The van der Waals surface area contributed by atoms with Crippen molar-refractivity contribution in [3.05, 3.63) is 62.5 Å². The molecular formula is C24H30BrCl2N3O4S. The molecule has 2 amide bonds. The molecule has 1 atom stereocenters. The van der Waals surface area contributed by atoms with Crippen molar-refractivity contribution in [3.8, 4) is 0 Å². The molecule has 2 rings (SSSR count). The Balaban J connectivity index is 2.51. The Morgan fingerprint density at radius 1 is 1.06 bits per heavy atom. The molecule has 0 heterocycles. The average molecular weight is 607 g/mol. The lowest BCUT2D eigenvalue weighted by Gasteiger charge is -2.34. The van der Waals surface area contributed by atoms with Gasteiger partial charge in [0.2, 0.25) is 21.8 Å². The zero-order chi connectivity index (χ0) is 26.6. The van der Waals surface area contributed by atoms with Crippen molar-refractivity contribution >= 4 is 66.7 Å². The molecular weight excluding hydrogens is 577 g/mol. The molecule has 2 aromatic carbocycles. The topological polar surface area (TPSA) is 86.8 Å². The van der Waals surface area contributed by atoms with Gasteiger partial charge >= 0.3 is 0 Å². The Bertz CT molecular complexity index is 1150. The maximum Gasteiger partial charge on any atom is 0.244 e. The van der Waals surface area contributed by atoms with Crippen LogP contribution < -0.4 is 9.62 Å². The Morgan fingerprint density at radius 3 is 2.06 bits per heavy atom. The van der Waals surface area contributed by atoms with Gasteiger partial charge in [-0.2, -0.15) is 0 Å². The third-order valence-electron chi connectivity index (χ3n) is 5.07. The number of anilines is 1. The minimum absolute atomic E-state index is 0.0641. The summed E-state index contributed by atoms with van der Waals surface area (Å²) in [6.07, 6.45) is 1.33. The van der Waals surface area contributed by atoms with Crippen molar-refractivity contribution < 1.29 is 18.0 Å². The minimum atomic E-state index is -3.81. The highest BCUT2D eigenvalue weighted by Crippen LogP contribution is 2.28. The van der Waals surface area contributed by atoms with Crippen molar-refractivity contribution in [2.24, 2.45) is 0 Å². The van der Waals surface area contributed by atoms with Gasteiger partial charge in [-0.15, -0.1) is 0 Å². The molecule has 0 fully saturated rings. The highest BCUT2D eigenvalue weighted by Gasteiger charge is 2.33. The Morgan fingerprint density at radius 2 is 1.60 bits per heavy atom. The van der Waals surface area contributed by atoms with Crippen molar-refractivity contribution in [2.75, 3.05) is 17.1 Å². The van der Waals surface area contributed by atoms with Gasteiger partial charge in [0, 0.05) is 32.2 Å². The number of rotatable bonds is 9. The number of nitrogens with one attached hydrogen (secondary N) is 1. The van der Waals surface area contributed by atoms with Crippen LogP contribution >= 0.6 is 39.1 Å². The lowest BCUT2D eigenvalue weighted by atomic mass is 10.1. The third-order valence-corrected chi connectivity index (χ3v) is 7.45. The van der Waals surface area contributed by atoms with Crippen molar-refractivity contribution in [3.63, 3.8) is 0 Å². The molecule has 0 unspecified atom stereocenters. The van der Waals surface area contributed by atoms with E-state index < -0.39 is 34.1 Å².